The number of aryl methyl sites for hydroxylation is 1. The summed E-state index contributed by atoms with van der Waals surface area (Å²) in [7, 11) is -3.62. The second-order valence-corrected chi connectivity index (χ2v) is 11.7. The van der Waals surface area contributed by atoms with E-state index < -0.39 is 10.0 Å². The van der Waals surface area contributed by atoms with Crippen molar-refractivity contribution in [2.45, 2.75) is 81.9 Å². The Bertz CT molecular complexity index is 1030. The highest BCUT2D eigenvalue weighted by atomic mass is 32.2. The molecule has 8 heteroatoms. The van der Waals surface area contributed by atoms with Gasteiger partial charge < -0.3 is 10.6 Å². The summed E-state index contributed by atoms with van der Waals surface area (Å²) < 4.78 is 28.5. The quantitative estimate of drug-likeness (QED) is 0.481. The average molecular weight is 488 g/mol. The molecule has 0 unspecified atom stereocenters. The van der Waals surface area contributed by atoms with Crippen LogP contribution in [0.15, 0.2) is 34.7 Å². The Morgan fingerprint density at radius 2 is 1.85 bits per heavy atom. The van der Waals surface area contributed by atoms with Crippen LogP contribution in [0.3, 0.4) is 0 Å². The Balaban J connectivity index is 1.21. The number of anilines is 1. The summed E-state index contributed by atoms with van der Waals surface area (Å²) in [6.07, 6.45) is 13.3. The zero-order chi connectivity index (χ0) is 24.0. The molecule has 186 valence electrons. The summed E-state index contributed by atoms with van der Waals surface area (Å²) in [6.45, 7) is 1.10. The minimum absolute atomic E-state index is 0.0293. The van der Waals surface area contributed by atoms with Crippen molar-refractivity contribution in [1.82, 2.24) is 10.0 Å². The Hall–Kier alpha value is -2.19. The zero-order valence-corrected chi connectivity index (χ0v) is 20.7. The first-order valence-electron chi connectivity index (χ1n) is 12.8. The number of amides is 2. The van der Waals surface area contributed by atoms with Crippen LogP contribution in [0.2, 0.25) is 0 Å². The van der Waals surface area contributed by atoms with Gasteiger partial charge in [-0.2, -0.15) is 0 Å². The number of rotatable bonds is 8. The van der Waals surface area contributed by atoms with Crippen LogP contribution in [0.25, 0.3) is 0 Å². The molecular weight excluding hydrogens is 450 g/mol. The second kappa shape index (κ2) is 11.5. The molecule has 1 fully saturated rings. The third-order valence-corrected chi connectivity index (χ3v) is 8.84. The Labute approximate surface area is 203 Å². The van der Waals surface area contributed by atoms with E-state index in [9.17, 15) is 18.0 Å². The van der Waals surface area contributed by atoms with Crippen molar-refractivity contribution in [3.8, 4) is 0 Å². The van der Waals surface area contributed by atoms with Gasteiger partial charge in [0, 0.05) is 31.1 Å². The minimum atomic E-state index is -3.62. The van der Waals surface area contributed by atoms with E-state index >= 15 is 0 Å². The molecule has 34 heavy (non-hydrogen) atoms. The molecule has 0 bridgehead atoms. The summed E-state index contributed by atoms with van der Waals surface area (Å²) in [6, 6.07) is 4.91. The molecular formula is C26H37N3O4S. The lowest BCUT2D eigenvalue weighted by molar-refractivity contribution is -0.126. The van der Waals surface area contributed by atoms with E-state index in [1.165, 1.54) is 31.3 Å². The molecule has 3 N–H and O–H groups in total. The fourth-order valence-electron chi connectivity index (χ4n) is 5.28. The van der Waals surface area contributed by atoms with Gasteiger partial charge in [-0.3, -0.25) is 9.59 Å². The molecule has 1 aromatic carbocycles. The first-order chi connectivity index (χ1) is 16.4. The summed E-state index contributed by atoms with van der Waals surface area (Å²) >= 11 is 0. The van der Waals surface area contributed by atoms with Gasteiger partial charge in [0.1, 0.15) is 0 Å². The van der Waals surface area contributed by atoms with Crippen LogP contribution in [0.4, 0.5) is 5.69 Å². The molecule has 2 amide bonds. The van der Waals surface area contributed by atoms with Crippen molar-refractivity contribution in [3.05, 3.63) is 35.4 Å². The van der Waals surface area contributed by atoms with Gasteiger partial charge in [0.25, 0.3) is 0 Å². The van der Waals surface area contributed by atoms with Crippen molar-refractivity contribution in [3.63, 3.8) is 0 Å². The van der Waals surface area contributed by atoms with Crippen molar-refractivity contribution >= 4 is 27.5 Å². The van der Waals surface area contributed by atoms with Crippen molar-refractivity contribution in [2.75, 3.05) is 18.4 Å². The van der Waals surface area contributed by atoms with Gasteiger partial charge in [0.2, 0.25) is 21.8 Å². The number of carbonyl (C=O) groups excluding carboxylic acids is 2. The van der Waals surface area contributed by atoms with Crippen LogP contribution in [0.5, 0.6) is 0 Å². The standard InChI is InChI=1S/C26H37N3O4S/c30-25-8-4-7-22-17-23(13-14-24(22)29-25)34(32,33)28-18-20-9-11-21(12-10-20)26(31)27-16-15-19-5-2-1-3-6-19/h5,13-14,17,20-21,28H,1-4,6-12,15-16,18H2,(H,27,31)(H,29,30). The van der Waals surface area contributed by atoms with Crippen LogP contribution >= 0.6 is 0 Å². The van der Waals surface area contributed by atoms with E-state index in [4.69, 9.17) is 0 Å². The third kappa shape index (κ3) is 6.69. The number of benzene rings is 1. The number of fused-ring (bicyclic) bond motifs is 1. The molecule has 0 saturated heterocycles. The molecule has 2 aliphatic carbocycles. The molecule has 0 spiro atoms. The summed E-state index contributed by atoms with van der Waals surface area (Å²) in [5.74, 6) is 0.394. The number of hydrogen-bond acceptors (Lipinski definition) is 4. The van der Waals surface area contributed by atoms with E-state index in [-0.39, 0.29) is 28.5 Å². The highest BCUT2D eigenvalue weighted by molar-refractivity contribution is 7.89. The summed E-state index contributed by atoms with van der Waals surface area (Å²) in [5.41, 5.74) is 3.04. The highest BCUT2D eigenvalue weighted by Gasteiger charge is 2.27. The number of carbonyl (C=O) groups is 2. The second-order valence-electron chi connectivity index (χ2n) is 9.94. The molecule has 4 rings (SSSR count). The topological polar surface area (TPSA) is 104 Å². The first-order valence-corrected chi connectivity index (χ1v) is 14.3. The Morgan fingerprint density at radius 3 is 2.62 bits per heavy atom. The molecule has 0 aromatic heterocycles. The van der Waals surface area contributed by atoms with E-state index in [0.717, 1.165) is 44.2 Å². The smallest absolute Gasteiger partial charge is 0.240 e. The van der Waals surface area contributed by atoms with Crippen molar-refractivity contribution in [2.24, 2.45) is 11.8 Å². The van der Waals surface area contributed by atoms with Gasteiger partial charge in [-0.15, -0.1) is 0 Å². The number of sulfonamides is 1. The SMILES string of the molecule is O=C1CCCc2cc(S(=O)(=O)NCC3CCC(C(=O)NCCC4=CCCCC4)CC3)ccc2N1. The van der Waals surface area contributed by atoms with Gasteiger partial charge in [0.15, 0.2) is 0 Å². The maximum Gasteiger partial charge on any atom is 0.240 e. The van der Waals surface area contributed by atoms with Crippen LogP contribution in [0, 0.1) is 11.8 Å². The molecule has 0 radical (unpaired) electrons. The van der Waals surface area contributed by atoms with E-state index in [1.807, 2.05) is 0 Å². The zero-order valence-electron chi connectivity index (χ0n) is 19.9. The molecule has 7 nitrogen and oxygen atoms in total. The predicted molar refractivity (Wildman–Crippen MR) is 133 cm³/mol. The van der Waals surface area contributed by atoms with Gasteiger partial charge in [-0.05, 0) is 100 Å². The lowest BCUT2D eigenvalue weighted by Gasteiger charge is -2.28. The summed E-state index contributed by atoms with van der Waals surface area (Å²) in [5, 5.41) is 5.94. The lowest BCUT2D eigenvalue weighted by Crippen LogP contribution is -2.36. The Kier molecular flexibility index (Phi) is 8.42. The van der Waals surface area contributed by atoms with Crippen LogP contribution in [0.1, 0.15) is 76.2 Å². The fraction of sp³-hybridized carbons (Fsp3) is 0.615. The van der Waals surface area contributed by atoms with Crippen LogP contribution in [-0.2, 0) is 26.0 Å². The van der Waals surface area contributed by atoms with Crippen molar-refractivity contribution < 1.29 is 18.0 Å². The van der Waals surface area contributed by atoms with E-state index in [1.54, 1.807) is 18.2 Å². The van der Waals surface area contributed by atoms with Crippen molar-refractivity contribution in [1.29, 1.82) is 0 Å². The first kappa shape index (κ1) is 24.9. The third-order valence-electron chi connectivity index (χ3n) is 7.42. The molecule has 0 atom stereocenters. The summed E-state index contributed by atoms with van der Waals surface area (Å²) in [4.78, 5) is 24.5. The largest absolute Gasteiger partial charge is 0.356 e. The van der Waals surface area contributed by atoms with Crippen LogP contribution < -0.4 is 15.4 Å². The van der Waals surface area contributed by atoms with E-state index in [0.29, 0.717) is 31.5 Å². The van der Waals surface area contributed by atoms with Gasteiger partial charge in [-0.1, -0.05) is 11.6 Å². The van der Waals surface area contributed by atoms with Crippen LogP contribution in [-0.4, -0.2) is 33.3 Å². The predicted octanol–water partition coefficient (Wildman–Crippen LogP) is 4.05. The maximum absolute atomic E-state index is 12.9. The number of nitrogens with one attached hydrogen (secondary N) is 3. The Morgan fingerprint density at radius 1 is 1.03 bits per heavy atom. The molecule has 1 aliphatic heterocycles. The highest BCUT2D eigenvalue weighted by Crippen LogP contribution is 2.30. The fourth-order valence-corrected chi connectivity index (χ4v) is 6.45. The minimum Gasteiger partial charge on any atom is -0.356 e. The molecule has 1 saturated carbocycles. The van der Waals surface area contributed by atoms with E-state index in [2.05, 4.69) is 21.4 Å². The molecule has 1 aromatic rings. The monoisotopic (exact) mass is 487 g/mol. The number of allylic oxidation sites excluding steroid dienone is 1. The molecule has 1 heterocycles. The van der Waals surface area contributed by atoms with Gasteiger partial charge >= 0.3 is 0 Å². The lowest BCUT2D eigenvalue weighted by atomic mass is 9.81. The van der Waals surface area contributed by atoms with Gasteiger partial charge in [0.05, 0.1) is 4.90 Å². The normalized spacial score (nSPS) is 23.3. The number of hydrogen-bond donors (Lipinski definition) is 3. The average Bonchev–Trinajstić information content (AvgIpc) is 3.03. The maximum atomic E-state index is 12.9. The van der Waals surface area contributed by atoms with Gasteiger partial charge in [-0.25, -0.2) is 13.1 Å². The molecule has 3 aliphatic rings.